The lowest BCUT2D eigenvalue weighted by Gasteiger charge is -2.09. The zero-order valence-electron chi connectivity index (χ0n) is 14.4. The van der Waals surface area contributed by atoms with E-state index < -0.39 is 4.92 Å². The fraction of sp³-hybridized carbons (Fsp3) is 0.167. The Kier molecular flexibility index (Phi) is 4.49. The number of fused-ring (bicyclic) bond motifs is 1. The second kappa shape index (κ2) is 6.75. The second-order valence-electron chi connectivity index (χ2n) is 5.40. The van der Waals surface area contributed by atoms with Crippen molar-refractivity contribution < 1.29 is 23.9 Å². The van der Waals surface area contributed by atoms with Gasteiger partial charge in [-0.25, -0.2) is 4.98 Å². The summed E-state index contributed by atoms with van der Waals surface area (Å²) in [5.41, 5.74) is 1.39. The van der Waals surface area contributed by atoms with Crippen molar-refractivity contribution in [3.8, 4) is 28.4 Å². The quantitative estimate of drug-likeness (QED) is 0.411. The third-order valence-corrected chi connectivity index (χ3v) is 4.14. The number of methoxy groups -OCH3 is 3. The van der Waals surface area contributed by atoms with Crippen molar-refractivity contribution in [2.24, 2.45) is 0 Å². The number of rotatable bonds is 6. The van der Waals surface area contributed by atoms with Gasteiger partial charge in [0, 0.05) is 6.07 Å². The Morgan fingerprint density at radius 1 is 1.04 bits per heavy atom. The van der Waals surface area contributed by atoms with Crippen LogP contribution in [0.1, 0.15) is 10.4 Å². The lowest BCUT2D eigenvalue weighted by molar-refractivity contribution is -0.388. The van der Waals surface area contributed by atoms with Gasteiger partial charge in [0.25, 0.3) is 0 Å². The van der Waals surface area contributed by atoms with Crippen LogP contribution in [0.4, 0.5) is 5.82 Å². The third-order valence-electron chi connectivity index (χ3n) is 4.14. The highest BCUT2D eigenvalue weighted by Gasteiger charge is 2.28. The van der Waals surface area contributed by atoms with Crippen molar-refractivity contribution in [3.05, 3.63) is 46.0 Å². The summed E-state index contributed by atoms with van der Waals surface area (Å²) in [5, 5.41) is 12.1. The van der Waals surface area contributed by atoms with Gasteiger partial charge in [-0.2, -0.15) is 0 Å². The van der Waals surface area contributed by atoms with Crippen molar-refractivity contribution in [1.82, 2.24) is 4.98 Å². The number of aromatic amines is 1. The van der Waals surface area contributed by atoms with E-state index >= 15 is 0 Å². The minimum atomic E-state index is -0.528. The minimum Gasteiger partial charge on any atom is -0.497 e. The predicted octanol–water partition coefficient (Wildman–Crippen LogP) is 3.58. The molecule has 134 valence electrons. The van der Waals surface area contributed by atoms with Crippen LogP contribution >= 0.6 is 0 Å². The van der Waals surface area contributed by atoms with Crippen LogP contribution in [0.25, 0.3) is 22.0 Å². The summed E-state index contributed by atoms with van der Waals surface area (Å²) in [6, 6.07) is 8.36. The van der Waals surface area contributed by atoms with E-state index in [0.717, 1.165) is 0 Å². The molecule has 1 N–H and O–H groups in total. The number of nitrogens with one attached hydrogen (secondary N) is 1. The number of benzene rings is 2. The van der Waals surface area contributed by atoms with Crippen LogP contribution < -0.4 is 14.2 Å². The predicted molar refractivity (Wildman–Crippen MR) is 95.4 cm³/mol. The molecule has 0 spiro atoms. The number of hydrogen-bond acceptors (Lipinski definition) is 6. The van der Waals surface area contributed by atoms with E-state index in [0.29, 0.717) is 34.3 Å². The molecule has 1 heterocycles. The number of H-pyrrole nitrogens is 1. The number of aromatic nitrogens is 1. The van der Waals surface area contributed by atoms with Crippen LogP contribution in [0.15, 0.2) is 30.3 Å². The first-order valence-electron chi connectivity index (χ1n) is 7.60. The first-order chi connectivity index (χ1) is 12.5. The lowest BCUT2D eigenvalue weighted by atomic mass is 10.0. The van der Waals surface area contributed by atoms with Gasteiger partial charge in [0.15, 0.2) is 11.8 Å². The van der Waals surface area contributed by atoms with Crippen molar-refractivity contribution >= 4 is 23.0 Å². The van der Waals surface area contributed by atoms with Gasteiger partial charge in [-0.05, 0) is 22.6 Å². The molecule has 3 aromatic rings. The summed E-state index contributed by atoms with van der Waals surface area (Å²) >= 11 is 0. The van der Waals surface area contributed by atoms with Gasteiger partial charge >= 0.3 is 5.82 Å². The average Bonchev–Trinajstić information content (AvgIpc) is 3.07. The van der Waals surface area contributed by atoms with Gasteiger partial charge in [-0.3, -0.25) is 4.79 Å². The highest BCUT2D eigenvalue weighted by atomic mass is 16.6. The molecular weight excluding hydrogens is 340 g/mol. The molecule has 0 saturated carbocycles. The van der Waals surface area contributed by atoms with E-state index in [2.05, 4.69) is 4.98 Å². The Morgan fingerprint density at radius 2 is 1.69 bits per heavy atom. The zero-order chi connectivity index (χ0) is 18.8. The van der Waals surface area contributed by atoms with E-state index in [1.807, 2.05) is 0 Å². The summed E-state index contributed by atoms with van der Waals surface area (Å²) in [4.78, 5) is 25.4. The minimum absolute atomic E-state index is 0.186. The van der Waals surface area contributed by atoms with E-state index in [4.69, 9.17) is 14.2 Å². The van der Waals surface area contributed by atoms with E-state index in [1.165, 1.54) is 27.4 Å². The molecule has 0 aliphatic rings. The molecule has 0 aliphatic carbocycles. The summed E-state index contributed by atoms with van der Waals surface area (Å²) < 4.78 is 15.8. The molecule has 0 bridgehead atoms. The number of nitro groups is 1. The molecule has 2 aromatic carbocycles. The molecule has 0 radical (unpaired) electrons. The number of hydrogen-bond donors (Lipinski definition) is 1. The van der Waals surface area contributed by atoms with Gasteiger partial charge in [0.2, 0.25) is 0 Å². The van der Waals surface area contributed by atoms with Crippen LogP contribution in [-0.4, -0.2) is 37.5 Å². The highest BCUT2D eigenvalue weighted by molar-refractivity contribution is 6.11. The summed E-state index contributed by atoms with van der Waals surface area (Å²) in [6.45, 7) is 0. The first-order valence-corrected chi connectivity index (χ1v) is 7.60. The molecule has 8 heteroatoms. The zero-order valence-corrected chi connectivity index (χ0v) is 14.4. The molecular formula is C18H16N2O6. The Labute approximate surface area is 148 Å². The number of carbonyl (C=O) groups is 1. The van der Waals surface area contributed by atoms with E-state index in [-0.39, 0.29) is 22.6 Å². The molecule has 0 aliphatic heterocycles. The molecule has 0 unspecified atom stereocenters. The number of ether oxygens (including phenoxy) is 3. The molecule has 0 saturated heterocycles. The Morgan fingerprint density at radius 3 is 2.19 bits per heavy atom. The topological polar surface area (TPSA) is 104 Å². The highest BCUT2D eigenvalue weighted by Crippen LogP contribution is 2.45. The van der Waals surface area contributed by atoms with Crippen LogP contribution in [0, 0.1) is 10.1 Å². The third kappa shape index (κ3) is 2.61. The van der Waals surface area contributed by atoms with Crippen molar-refractivity contribution in [1.29, 1.82) is 0 Å². The average molecular weight is 356 g/mol. The summed E-state index contributed by atoms with van der Waals surface area (Å²) in [7, 11) is 4.40. The molecule has 0 fully saturated rings. The van der Waals surface area contributed by atoms with Gasteiger partial charge in [0.05, 0.1) is 32.3 Å². The van der Waals surface area contributed by atoms with Gasteiger partial charge in [-0.15, -0.1) is 0 Å². The normalized spacial score (nSPS) is 10.6. The second-order valence-corrected chi connectivity index (χ2v) is 5.40. The fourth-order valence-electron chi connectivity index (χ4n) is 2.95. The van der Waals surface area contributed by atoms with Crippen LogP contribution in [0.3, 0.4) is 0 Å². The van der Waals surface area contributed by atoms with E-state index in [9.17, 15) is 14.9 Å². The maximum absolute atomic E-state index is 11.6. The number of carbonyl (C=O) groups excluding carboxylic acids is 1. The Balaban J connectivity index is 2.44. The van der Waals surface area contributed by atoms with Gasteiger partial charge in [0.1, 0.15) is 22.8 Å². The van der Waals surface area contributed by atoms with Crippen molar-refractivity contribution in [3.63, 3.8) is 0 Å². The fourth-order valence-corrected chi connectivity index (χ4v) is 2.95. The SMILES string of the molecule is COc1ccc(-c2c([N+](=O)[O-])[nH]c3c(C=O)c(OC)cc(OC)c23)cc1. The molecule has 1 aromatic heterocycles. The number of nitrogens with zero attached hydrogens (tertiary/aromatic N) is 1. The maximum atomic E-state index is 11.6. The van der Waals surface area contributed by atoms with Crippen molar-refractivity contribution in [2.75, 3.05) is 21.3 Å². The van der Waals surface area contributed by atoms with Crippen LogP contribution in [0.2, 0.25) is 0 Å². The van der Waals surface area contributed by atoms with Crippen molar-refractivity contribution in [2.45, 2.75) is 0 Å². The summed E-state index contributed by atoms with van der Waals surface area (Å²) in [5.74, 6) is 1.01. The maximum Gasteiger partial charge on any atom is 0.330 e. The summed E-state index contributed by atoms with van der Waals surface area (Å²) in [6.07, 6.45) is 0.596. The van der Waals surface area contributed by atoms with E-state index in [1.54, 1.807) is 24.3 Å². The van der Waals surface area contributed by atoms with Crippen LogP contribution in [0.5, 0.6) is 17.2 Å². The lowest BCUT2D eigenvalue weighted by Crippen LogP contribution is -1.95. The van der Waals surface area contributed by atoms with Crippen LogP contribution in [-0.2, 0) is 0 Å². The molecule has 3 rings (SSSR count). The molecule has 26 heavy (non-hydrogen) atoms. The van der Waals surface area contributed by atoms with Gasteiger partial charge in [-0.1, -0.05) is 12.1 Å². The van der Waals surface area contributed by atoms with Gasteiger partial charge < -0.3 is 24.3 Å². The standard InChI is InChI=1S/C18H16N2O6/c1-24-11-6-4-10(5-7-11)15-16-14(26-3)8-13(25-2)12(9-21)17(16)19-18(15)20(22)23/h4-9,19H,1-3H3. The monoisotopic (exact) mass is 356 g/mol. The molecule has 0 atom stereocenters. The Bertz CT molecular complexity index is 991. The first kappa shape index (κ1) is 17.3. The smallest absolute Gasteiger partial charge is 0.330 e. The molecule has 0 amide bonds. The number of aldehydes is 1. The largest absolute Gasteiger partial charge is 0.497 e. The Hall–Kier alpha value is -3.55. The molecule has 8 nitrogen and oxygen atoms in total.